The van der Waals surface area contributed by atoms with Crippen molar-refractivity contribution in [2.24, 2.45) is 5.92 Å². The van der Waals surface area contributed by atoms with Crippen LogP contribution in [0.5, 0.6) is 0 Å². The largest absolute Gasteiger partial charge is 0.392 e. The van der Waals surface area contributed by atoms with Crippen molar-refractivity contribution in [3.05, 3.63) is 0 Å². The maximum atomic E-state index is 9.32. The van der Waals surface area contributed by atoms with Gasteiger partial charge in [-0.15, -0.1) is 0 Å². The Kier molecular flexibility index (Phi) is 5.58. The van der Waals surface area contributed by atoms with Gasteiger partial charge in [0.1, 0.15) is 0 Å². The minimum Gasteiger partial charge on any atom is -0.392 e. The molecule has 0 aromatic heterocycles. The summed E-state index contributed by atoms with van der Waals surface area (Å²) >= 11 is 0. The molecule has 0 bridgehead atoms. The van der Waals surface area contributed by atoms with E-state index in [9.17, 15) is 5.11 Å². The minimum absolute atomic E-state index is 0.216. The smallest absolute Gasteiger partial charge is 0.0638 e. The molecule has 3 nitrogen and oxygen atoms in total. The zero-order valence-electron chi connectivity index (χ0n) is 10.4. The number of nitrogens with one attached hydrogen (secondary N) is 1. The summed E-state index contributed by atoms with van der Waals surface area (Å²) in [6, 6.07) is 0.676. The summed E-state index contributed by atoms with van der Waals surface area (Å²) in [5.41, 5.74) is 0. The number of aliphatic hydroxyl groups is 1. The second-order valence-corrected chi connectivity index (χ2v) is 5.01. The molecular weight excluding hydrogens is 188 g/mol. The highest BCUT2D eigenvalue weighted by Gasteiger charge is 2.24. The lowest BCUT2D eigenvalue weighted by molar-refractivity contribution is 0.118. The quantitative estimate of drug-likeness (QED) is 0.719. The minimum atomic E-state index is -0.216. The summed E-state index contributed by atoms with van der Waals surface area (Å²) < 4.78 is 0. The number of nitrogens with zero attached hydrogens (tertiary/aromatic N) is 1. The topological polar surface area (TPSA) is 35.5 Å². The highest BCUT2D eigenvalue weighted by molar-refractivity contribution is 4.81. The molecule has 1 aliphatic rings. The first-order chi connectivity index (χ1) is 7.13. The lowest BCUT2D eigenvalue weighted by Gasteiger charge is -2.34. The van der Waals surface area contributed by atoms with E-state index in [-0.39, 0.29) is 6.10 Å². The molecule has 0 spiro atoms. The Labute approximate surface area is 93.9 Å². The third-order valence-electron chi connectivity index (χ3n) is 3.40. The molecule has 0 aromatic rings. The van der Waals surface area contributed by atoms with Crippen molar-refractivity contribution >= 4 is 0 Å². The first kappa shape index (κ1) is 12.9. The molecule has 0 aromatic carbocycles. The van der Waals surface area contributed by atoms with Crippen molar-refractivity contribution in [2.45, 2.75) is 44.8 Å². The molecule has 0 radical (unpaired) electrons. The van der Waals surface area contributed by atoms with E-state index in [0.717, 1.165) is 19.0 Å². The average molecular weight is 214 g/mol. The standard InChI is InChI=1S/C12H26N2O/c1-10(15)8-14(3)9-11-6-4-5-7-12(11)13-2/h10-13,15H,4-9H2,1-3H3. The van der Waals surface area contributed by atoms with Crippen molar-refractivity contribution in [2.75, 3.05) is 27.2 Å². The highest BCUT2D eigenvalue weighted by atomic mass is 16.3. The van der Waals surface area contributed by atoms with E-state index < -0.39 is 0 Å². The van der Waals surface area contributed by atoms with Gasteiger partial charge in [-0.1, -0.05) is 12.8 Å². The first-order valence-electron chi connectivity index (χ1n) is 6.17. The van der Waals surface area contributed by atoms with Gasteiger partial charge in [0.05, 0.1) is 6.10 Å². The second-order valence-electron chi connectivity index (χ2n) is 5.01. The summed E-state index contributed by atoms with van der Waals surface area (Å²) in [5, 5.41) is 12.7. The molecule has 2 N–H and O–H groups in total. The van der Waals surface area contributed by atoms with E-state index in [1.165, 1.54) is 25.7 Å². The fourth-order valence-corrected chi connectivity index (χ4v) is 2.73. The van der Waals surface area contributed by atoms with Crippen LogP contribution in [-0.4, -0.2) is 49.3 Å². The van der Waals surface area contributed by atoms with Crippen LogP contribution in [0.15, 0.2) is 0 Å². The van der Waals surface area contributed by atoms with Crippen LogP contribution in [0, 0.1) is 5.92 Å². The van der Waals surface area contributed by atoms with E-state index in [0.29, 0.717) is 6.04 Å². The monoisotopic (exact) mass is 214 g/mol. The predicted octanol–water partition coefficient (Wildman–Crippen LogP) is 1.08. The maximum Gasteiger partial charge on any atom is 0.0638 e. The molecule has 1 saturated carbocycles. The van der Waals surface area contributed by atoms with Gasteiger partial charge < -0.3 is 15.3 Å². The summed E-state index contributed by atoms with van der Waals surface area (Å²) in [7, 11) is 4.17. The Morgan fingerprint density at radius 3 is 2.67 bits per heavy atom. The van der Waals surface area contributed by atoms with Crippen LogP contribution in [-0.2, 0) is 0 Å². The van der Waals surface area contributed by atoms with Gasteiger partial charge in [0.15, 0.2) is 0 Å². The lowest BCUT2D eigenvalue weighted by Crippen LogP contribution is -2.43. The van der Waals surface area contributed by atoms with Gasteiger partial charge >= 0.3 is 0 Å². The number of aliphatic hydroxyl groups excluding tert-OH is 1. The molecule has 1 rings (SSSR count). The van der Waals surface area contributed by atoms with E-state index in [1.54, 1.807) is 0 Å². The zero-order valence-corrected chi connectivity index (χ0v) is 10.4. The molecule has 1 fully saturated rings. The molecule has 0 amide bonds. The normalized spacial score (nSPS) is 29.4. The Bertz CT molecular complexity index is 173. The third-order valence-corrected chi connectivity index (χ3v) is 3.40. The van der Waals surface area contributed by atoms with Crippen LogP contribution in [0.1, 0.15) is 32.6 Å². The van der Waals surface area contributed by atoms with E-state index in [1.807, 2.05) is 6.92 Å². The SMILES string of the molecule is CNC1CCCCC1CN(C)CC(C)O. The molecular formula is C12H26N2O. The maximum absolute atomic E-state index is 9.32. The second kappa shape index (κ2) is 6.46. The predicted molar refractivity (Wildman–Crippen MR) is 64.0 cm³/mol. The van der Waals surface area contributed by atoms with Gasteiger partial charge in [0.2, 0.25) is 0 Å². The molecule has 15 heavy (non-hydrogen) atoms. The van der Waals surface area contributed by atoms with Crippen LogP contribution >= 0.6 is 0 Å². The summed E-state index contributed by atoms with van der Waals surface area (Å²) in [5.74, 6) is 0.757. The van der Waals surface area contributed by atoms with Crippen LogP contribution < -0.4 is 5.32 Å². The van der Waals surface area contributed by atoms with Gasteiger partial charge in [0.25, 0.3) is 0 Å². The van der Waals surface area contributed by atoms with E-state index >= 15 is 0 Å². The van der Waals surface area contributed by atoms with E-state index in [4.69, 9.17) is 0 Å². The molecule has 0 saturated heterocycles. The van der Waals surface area contributed by atoms with Gasteiger partial charge in [0, 0.05) is 19.1 Å². The number of hydrogen-bond acceptors (Lipinski definition) is 3. The summed E-state index contributed by atoms with van der Waals surface area (Å²) in [4.78, 5) is 2.25. The van der Waals surface area contributed by atoms with Crippen LogP contribution in [0.2, 0.25) is 0 Å². The summed E-state index contributed by atoms with van der Waals surface area (Å²) in [6.07, 6.45) is 5.15. The molecule has 0 aliphatic heterocycles. The van der Waals surface area contributed by atoms with Gasteiger partial charge in [-0.2, -0.15) is 0 Å². The fourth-order valence-electron chi connectivity index (χ4n) is 2.73. The Morgan fingerprint density at radius 1 is 1.40 bits per heavy atom. The van der Waals surface area contributed by atoms with Crippen LogP contribution in [0.4, 0.5) is 0 Å². The number of hydrogen-bond donors (Lipinski definition) is 2. The fraction of sp³-hybridized carbons (Fsp3) is 1.00. The van der Waals surface area contributed by atoms with Crippen molar-refractivity contribution in [3.63, 3.8) is 0 Å². The first-order valence-corrected chi connectivity index (χ1v) is 6.17. The zero-order chi connectivity index (χ0) is 11.3. The summed E-state index contributed by atoms with van der Waals surface area (Å²) in [6.45, 7) is 3.75. The van der Waals surface area contributed by atoms with Crippen LogP contribution in [0.3, 0.4) is 0 Å². The molecule has 90 valence electrons. The van der Waals surface area contributed by atoms with Gasteiger partial charge in [-0.05, 0) is 39.8 Å². The van der Waals surface area contributed by atoms with Crippen LogP contribution in [0.25, 0.3) is 0 Å². The number of rotatable bonds is 5. The van der Waals surface area contributed by atoms with Crippen molar-refractivity contribution < 1.29 is 5.11 Å². The Morgan fingerprint density at radius 2 is 2.07 bits per heavy atom. The molecule has 3 atom stereocenters. The highest BCUT2D eigenvalue weighted by Crippen LogP contribution is 2.24. The average Bonchev–Trinajstić information content (AvgIpc) is 2.17. The molecule has 0 heterocycles. The Balaban J connectivity index is 2.33. The van der Waals surface area contributed by atoms with Gasteiger partial charge in [-0.3, -0.25) is 0 Å². The van der Waals surface area contributed by atoms with Gasteiger partial charge in [-0.25, -0.2) is 0 Å². The van der Waals surface area contributed by atoms with E-state index in [2.05, 4.69) is 24.3 Å². The van der Waals surface area contributed by atoms with Crippen molar-refractivity contribution in [1.82, 2.24) is 10.2 Å². The third kappa shape index (κ3) is 4.49. The molecule has 1 aliphatic carbocycles. The molecule has 3 unspecified atom stereocenters. The number of likely N-dealkylation sites (N-methyl/N-ethyl adjacent to an activating group) is 1. The Hall–Kier alpha value is -0.120. The van der Waals surface area contributed by atoms with Crippen molar-refractivity contribution in [1.29, 1.82) is 0 Å². The lowest BCUT2D eigenvalue weighted by atomic mass is 9.84. The molecule has 3 heteroatoms. The van der Waals surface area contributed by atoms with Crippen molar-refractivity contribution in [3.8, 4) is 0 Å².